The summed E-state index contributed by atoms with van der Waals surface area (Å²) in [4.78, 5) is 13.2. The van der Waals surface area contributed by atoms with E-state index in [1.54, 1.807) is 13.2 Å². The summed E-state index contributed by atoms with van der Waals surface area (Å²) in [5.41, 5.74) is 2.32. The van der Waals surface area contributed by atoms with E-state index in [4.69, 9.17) is 37.3 Å². The third-order valence-electron chi connectivity index (χ3n) is 10.4. The van der Waals surface area contributed by atoms with E-state index in [0.29, 0.717) is 25.2 Å². The van der Waals surface area contributed by atoms with Gasteiger partial charge in [-0.15, -0.1) is 6.58 Å². The van der Waals surface area contributed by atoms with E-state index in [2.05, 4.69) is 48.1 Å². The Balaban J connectivity index is 2.15. The second-order valence-corrected chi connectivity index (χ2v) is 22.5. The fourth-order valence-corrected chi connectivity index (χ4v) is 12.2. The third kappa shape index (κ3) is 11.9. The van der Waals surface area contributed by atoms with Crippen LogP contribution in [0.2, 0.25) is 36.3 Å². The Bertz CT molecular complexity index is 1310. The van der Waals surface area contributed by atoms with Gasteiger partial charge < -0.3 is 37.3 Å². The van der Waals surface area contributed by atoms with E-state index >= 15 is 0 Å². The summed E-state index contributed by atoms with van der Waals surface area (Å²) in [6, 6.07) is 23.2. The zero-order valence-electron chi connectivity index (χ0n) is 32.2. The van der Waals surface area contributed by atoms with Crippen LogP contribution in [-0.2, 0) is 43.9 Å². The normalized spacial score (nSPS) is 19.7. The highest BCUT2D eigenvalue weighted by Crippen LogP contribution is 2.37. The van der Waals surface area contributed by atoms with Gasteiger partial charge in [-0.3, -0.25) is 0 Å². The highest BCUT2D eigenvalue weighted by molar-refractivity contribution is 6.74. The minimum atomic E-state index is -2.30. The summed E-state index contributed by atoms with van der Waals surface area (Å²) >= 11 is 0. The molecule has 2 aromatic carbocycles. The monoisotopic (exact) mass is 742 g/mol. The molecule has 2 aromatic rings. The molecule has 1 aliphatic heterocycles. The molecule has 5 atom stereocenters. The van der Waals surface area contributed by atoms with Crippen LogP contribution >= 0.6 is 0 Å². The van der Waals surface area contributed by atoms with Gasteiger partial charge in [-0.05, 0) is 66.5 Å². The van der Waals surface area contributed by atoms with Crippen LogP contribution in [0.4, 0.5) is 0 Å². The Hall–Kier alpha value is -2.62. The predicted molar refractivity (Wildman–Crippen MR) is 207 cm³/mol. The van der Waals surface area contributed by atoms with Crippen molar-refractivity contribution in [1.82, 2.24) is 0 Å². The number of carbonyl (C=O) groups excluding carboxylic acids is 1. The molecule has 0 amide bonds. The summed E-state index contributed by atoms with van der Waals surface area (Å²) in [5.74, 6) is 0.340. The minimum Gasteiger partial charge on any atom is -0.497 e. The van der Waals surface area contributed by atoms with Crippen molar-refractivity contribution in [2.24, 2.45) is 0 Å². The Kier molecular flexibility index (Phi) is 18.3. The average Bonchev–Trinajstić information content (AvgIpc) is 3.19. The van der Waals surface area contributed by atoms with Gasteiger partial charge in [0.1, 0.15) is 24.8 Å². The number of esters is 1. The molecule has 51 heavy (non-hydrogen) atoms. The summed E-state index contributed by atoms with van der Waals surface area (Å²) in [6.45, 7) is 17.7. The van der Waals surface area contributed by atoms with Gasteiger partial charge >= 0.3 is 5.97 Å². The van der Waals surface area contributed by atoms with Crippen molar-refractivity contribution < 1.29 is 42.1 Å². The molecule has 1 aliphatic rings. The lowest BCUT2D eigenvalue weighted by Crippen LogP contribution is -2.58. The molecule has 1 heterocycles. The highest BCUT2D eigenvalue weighted by Gasteiger charge is 2.47. The largest absolute Gasteiger partial charge is 0.497 e. The van der Waals surface area contributed by atoms with Crippen molar-refractivity contribution in [3.8, 4) is 5.75 Å². The van der Waals surface area contributed by atoms with Gasteiger partial charge in [0, 0.05) is 11.1 Å². The number of carbonyl (C=O) groups is 1. The predicted octanol–water partition coefficient (Wildman–Crippen LogP) is 9.13. The molecule has 9 nitrogen and oxygen atoms in total. The second-order valence-electron chi connectivity index (χ2n) is 13.0. The summed E-state index contributed by atoms with van der Waals surface area (Å²) in [5, 5.41) is 0. The Morgan fingerprint density at radius 1 is 0.902 bits per heavy atom. The lowest BCUT2D eigenvalue weighted by atomic mass is 9.99. The zero-order chi connectivity index (χ0) is 37.3. The van der Waals surface area contributed by atoms with Crippen molar-refractivity contribution >= 4 is 22.6 Å². The quantitative estimate of drug-likeness (QED) is 0.0276. The van der Waals surface area contributed by atoms with Crippen molar-refractivity contribution in [2.45, 2.75) is 122 Å². The van der Waals surface area contributed by atoms with Crippen LogP contribution in [-0.4, -0.2) is 74.6 Å². The van der Waals surface area contributed by atoms with Gasteiger partial charge in [-0.2, -0.15) is 0 Å². The van der Waals surface area contributed by atoms with Gasteiger partial charge in [-0.25, -0.2) is 4.79 Å². The van der Waals surface area contributed by atoms with Gasteiger partial charge in [-0.1, -0.05) is 90.1 Å². The number of rotatable bonds is 23. The maximum absolute atomic E-state index is 13.2. The number of ether oxygens (including phenoxy) is 6. The topological polar surface area (TPSA) is 90.9 Å². The maximum Gasteiger partial charge on any atom is 0.333 e. The molecule has 1 fully saturated rings. The van der Waals surface area contributed by atoms with E-state index < -0.39 is 53.3 Å². The van der Waals surface area contributed by atoms with Crippen LogP contribution in [0.25, 0.3) is 0 Å². The number of hydrogen-bond acceptors (Lipinski definition) is 9. The zero-order valence-corrected chi connectivity index (χ0v) is 34.2. The first-order chi connectivity index (χ1) is 24.7. The molecule has 0 radical (unpaired) electrons. The first-order valence-electron chi connectivity index (χ1n) is 18.6. The molecule has 284 valence electrons. The molecule has 0 bridgehead atoms. The first-order valence-corrected chi connectivity index (χ1v) is 23.7. The Labute approximate surface area is 308 Å². The SMILES string of the molecule is C=CC/C(=C\[C@H](O[Si](CC)(CC)CC)[C@@H](OCOCc1ccc(OC)cc1)[C@@H]1O[C@H](c2ccccc2)OC[C@H]1O[Si](CC)(CC)CC)C(=O)OC. The number of hydrogen-bond donors (Lipinski definition) is 0. The molecule has 0 N–H and O–H groups in total. The number of methoxy groups -OCH3 is 2. The summed E-state index contributed by atoms with van der Waals surface area (Å²) in [7, 11) is -1.41. The van der Waals surface area contributed by atoms with E-state index in [1.807, 2.05) is 60.7 Å². The first kappa shape index (κ1) is 42.8. The minimum absolute atomic E-state index is 0.0420. The van der Waals surface area contributed by atoms with Crippen molar-refractivity contribution in [1.29, 1.82) is 0 Å². The van der Waals surface area contributed by atoms with E-state index in [-0.39, 0.29) is 6.79 Å². The number of benzene rings is 2. The Morgan fingerprint density at radius 2 is 1.53 bits per heavy atom. The standard InChI is InChI=1S/C40H62O9Si2/c1-10-20-33(39(41)43-9)27-35(48-50(11-2,12-3)13-4)37(46-30-44-28-31-23-25-34(42-8)26-24-31)38-36(49-51(14-5,15-6)16-7)29-45-40(47-38)32-21-18-17-19-22-32/h10,17-19,21-27,35-38,40H,1,11-16,20,28-30H2,2-9H3/b33-27+/t35-,36+,37+,38+,40+/m0/s1. The van der Waals surface area contributed by atoms with Crippen LogP contribution in [0.3, 0.4) is 0 Å². The van der Waals surface area contributed by atoms with Crippen molar-refractivity contribution in [2.75, 3.05) is 27.6 Å². The lowest BCUT2D eigenvalue weighted by molar-refractivity contribution is -0.289. The summed E-state index contributed by atoms with van der Waals surface area (Å²) < 4.78 is 51.3. The average molecular weight is 743 g/mol. The smallest absolute Gasteiger partial charge is 0.333 e. The highest BCUT2D eigenvalue weighted by atomic mass is 28.4. The molecule has 0 aromatic heterocycles. The van der Waals surface area contributed by atoms with Gasteiger partial charge in [0.05, 0.1) is 39.6 Å². The van der Waals surface area contributed by atoms with Gasteiger partial charge in [0.2, 0.25) is 0 Å². The van der Waals surface area contributed by atoms with Crippen molar-refractivity contribution in [3.63, 3.8) is 0 Å². The fraction of sp³-hybridized carbons (Fsp3) is 0.575. The second kappa shape index (κ2) is 21.8. The fourth-order valence-electron chi connectivity index (χ4n) is 6.62. The van der Waals surface area contributed by atoms with E-state index in [0.717, 1.165) is 53.1 Å². The summed E-state index contributed by atoms with van der Waals surface area (Å²) in [6.07, 6.45) is 0.764. The van der Waals surface area contributed by atoms with Crippen LogP contribution in [0, 0.1) is 0 Å². The van der Waals surface area contributed by atoms with Crippen LogP contribution in [0.15, 0.2) is 78.9 Å². The molecule has 3 rings (SSSR count). The van der Waals surface area contributed by atoms with Crippen LogP contribution < -0.4 is 4.74 Å². The molecule has 0 spiro atoms. The molecule has 0 unspecified atom stereocenters. The van der Waals surface area contributed by atoms with Gasteiger partial charge in [0.25, 0.3) is 0 Å². The molecule has 0 aliphatic carbocycles. The maximum atomic E-state index is 13.2. The molecule has 1 saturated heterocycles. The molecular weight excluding hydrogens is 681 g/mol. The Morgan fingerprint density at radius 3 is 2.08 bits per heavy atom. The van der Waals surface area contributed by atoms with Crippen molar-refractivity contribution in [3.05, 3.63) is 90.0 Å². The van der Waals surface area contributed by atoms with Crippen LogP contribution in [0.5, 0.6) is 5.75 Å². The molecule has 0 saturated carbocycles. The lowest BCUT2D eigenvalue weighted by Gasteiger charge is -2.46. The van der Waals surface area contributed by atoms with Gasteiger partial charge in [0.15, 0.2) is 22.9 Å². The molecule has 11 heteroatoms. The molecular formula is C40H62O9Si2. The number of allylic oxidation sites excluding steroid dienone is 1. The van der Waals surface area contributed by atoms with E-state index in [9.17, 15) is 4.79 Å². The van der Waals surface area contributed by atoms with Crippen LogP contribution in [0.1, 0.15) is 65.4 Å². The third-order valence-corrected chi connectivity index (χ3v) is 19.7. The van der Waals surface area contributed by atoms with E-state index in [1.165, 1.54) is 7.11 Å².